The van der Waals surface area contributed by atoms with E-state index in [4.69, 9.17) is 4.74 Å². The minimum absolute atomic E-state index is 0.790. The number of pyridine rings is 1. The number of aromatic nitrogens is 1. The molecule has 0 aliphatic carbocycles. The first kappa shape index (κ1) is 14.4. The minimum Gasteiger partial charge on any atom is -0.380 e. The standard InChI is InChI=1S/C16H21N3OS/c1-12-9-14(13(2)21-12)10-17-15-3-4-16(18-11-15)19-5-7-20-8-6-19/h3-4,9,11,17H,5-8,10H2,1-2H3. The molecular weight excluding hydrogens is 282 g/mol. The van der Waals surface area contributed by atoms with Crippen molar-refractivity contribution < 1.29 is 4.74 Å². The van der Waals surface area contributed by atoms with Crippen LogP contribution in [-0.4, -0.2) is 31.3 Å². The molecule has 1 aliphatic heterocycles. The van der Waals surface area contributed by atoms with E-state index in [0.717, 1.165) is 44.4 Å². The second kappa shape index (κ2) is 6.45. The molecule has 0 amide bonds. The lowest BCUT2D eigenvalue weighted by Crippen LogP contribution is -2.36. The van der Waals surface area contributed by atoms with E-state index in [9.17, 15) is 0 Å². The number of aryl methyl sites for hydroxylation is 2. The second-order valence-electron chi connectivity index (χ2n) is 5.30. The van der Waals surface area contributed by atoms with Gasteiger partial charge in [0.15, 0.2) is 0 Å². The lowest BCUT2D eigenvalue weighted by molar-refractivity contribution is 0.122. The summed E-state index contributed by atoms with van der Waals surface area (Å²) in [6, 6.07) is 6.44. The van der Waals surface area contributed by atoms with Gasteiger partial charge in [0, 0.05) is 29.4 Å². The van der Waals surface area contributed by atoms with Crippen LogP contribution in [-0.2, 0) is 11.3 Å². The van der Waals surface area contributed by atoms with E-state index in [1.165, 1.54) is 15.3 Å². The third kappa shape index (κ3) is 3.54. The number of ether oxygens (including phenoxy) is 1. The fraction of sp³-hybridized carbons (Fsp3) is 0.438. The monoisotopic (exact) mass is 303 g/mol. The molecule has 0 radical (unpaired) electrons. The maximum Gasteiger partial charge on any atom is 0.128 e. The highest BCUT2D eigenvalue weighted by Gasteiger charge is 2.11. The fourth-order valence-electron chi connectivity index (χ4n) is 2.53. The van der Waals surface area contributed by atoms with Gasteiger partial charge in [-0.2, -0.15) is 0 Å². The van der Waals surface area contributed by atoms with E-state index in [1.54, 1.807) is 0 Å². The van der Waals surface area contributed by atoms with Gasteiger partial charge in [-0.25, -0.2) is 4.98 Å². The van der Waals surface area contributed by atoms with Crippen LogP contribution in [0.3, 0.4) is 0 Å². The molecule has 5 heteroatoms. The Morgan fingerprint density at radius 3 is 2.71 bits per heavy atom. The van der Waals surface area contributed by atoms with Crippen LogP contribution >= 0.6 is 11.3 Å². The molecule has 3 rings (SSSR count). The highest BCUT2D eigenvalue weighted by molar-refractivity contribution is 7.12. The van der Waals surface area contributed by atoms with Crippen LogP contribution in [0.1, 0.15) is 15.3 Å². The second-order valence-corrected chi connectivity index (χ2v) is 6.76. The topological polar surface area (TPSA) is 37.4 Å². The number of thiophene rings is 1. The molecule has 1 fully saturated rings. The number of hydrogen-bond acceptors (Lipinski definition) is 5. The summed E-state index contributed by atoms with van der Waals surface area (Å²) < 4.78 is 5.36. The molecule has 1 aliphatic rings. The van der Waals surface area contributed by atoms with Crippen molar-refractivity contribution in [3.63, 3.8) is 0 Å². The van der Waals surface area contributed by atoms with Gasteiger partial charge < -0.3 is 15.0 Å². The molecule has 0 atom stereocenters. The van der Waals surface area contributed by atoms with Gasteiger partial charge in [-0.1, -0.05) is 0 Å². The Hall–Kier alpha value is -1.59. The van der Waals surface area contributed by atoms with Crippen molar-refractivity contribution in [2.75, 3.05) is 36.5 Å². The summed E-state index contributed by atoms with van der Waals surface area (Å²) in [5, 5.41) is 3.45. The Labute approximate surface area is 129 Å². The number of hydrogen-bond donors (Lipinski definition) is 1. The Morgan fingerprint density at radius 2 is 2.10 bits per heavy atom. The first-order valence-corrected chi connectivity index (χ1v) is 8.12. The Bertz CT molecular complexity index is 588. The molecular formula is C16H21N3OS. The van der Waals surface area contributed by atoms with Crippen LogP contribution in [0.2, 0.25) is 0 Å². The van der Waals surface area contributed by atoms with Gasteiger partial charge in [0.25, 0.3) is 0 Å². The molecule has 0 saturated carbocycles. The lowest BCUT2D eigenvalue weighted by Gasteiger charge is -2.27. The first-order chi connectivity index (χ1) is 10.2. The predicted molar refractivity (Wildman–Crippen MR) is 88.4 cm³/mol. The molecule has 0 aromatic carbocycles. The summed E-state index contributed by atoms with van der Waals surface area (Å²) >= 11 is 1.85. The largest absolute Gasteiger partial charge is 0.380 e. The molecule has 2 aromatic rings. The minimum atomic E-state index is 0.790. The van der Waals surface area contributed by atoms with E-state index in [-0.39, 0.29) is 0 Å². The molecule has 21 heavy (non-hydrogen) atoms. The average Bonchev–Trinajstić information content (AvgIpc) is 2.84. The SMILES string of the molecule is Cc1cc(CNc2ccc(N3CCOCC3)nc2)c(C)s1. The lowest BCUT2D eigenvalue weighted by atomic mass is 10.2. The van der Waals surface area contributed by atoms with Gasteiger partial charge in [-0.15, -0.1) is 11.3 Å². The van der Waals surface area contributed by atoms with E-state index >= 15 is 0 Å². The Balaban J connectivity index is 1.60. The number of rotatable bonds is 4. The summed E-state index contributed by atoms with van der Waals surface area (Å²) in [7, 11) is 0. The van der Waals surface area contributed by atoms with Crippen LogP contribution < -0.4 is 10.2 Å². The van der Waals surface area contributed by atoms with Crippen LogP contribution in [0.15, 0.2) is 24.4 Å². The van der Waals surface area contributed by atoms with E-state index in [2.05, 4.69) is 47.2 Å². The van der Waals surface area contributed by atoms with Crippen molar-refractivity contribution in [3.05, 3.63) is 39.7 Å². The Kier molecular flexibility index (Phi) is 4.41. The number of nitrogens with zero attached hydrogens (tertiary/aromatic N) is 2. The van der Waals surface area contributed by atoms with Gasteiger partial charge in [-0.3, -0.25) is 0 Å². The molecule has 0 spiro atoms. The normalized spacial score (nSPS) is 15.2. The molecule has 2 aromatic heterocycles. The quantitative estimate of drug-likeness (QED) is 0.941. The Morgan fingerprint density at radius 1 is 1.29 bits per heavy atom. The van der Waals surface area contributed by atoms with Crippen molar-refractivity contribution in [2.45, 2.75) is 20.4 Å². The van der Waals surface area contributed by atoms with Crippen molar-refractivity contribution in [1.29, 1.82) is 0 Å². The fourth-order valence-corrected chi connectivity index (χ4v) is 3.47. The van der Waals surface area contributed by atoms with Crippen LogP contribution in [0.5, 0.6) is 0 Å². The third-order valence-corrected chi connectivity index (χ3v) is 4.72. The molecule has 4 nitrogen and oxygen atoms in total. The van der Waals surface area contributed by atoms with Crippen molar-refractivity contribution in [1.82, 2.24) is 4.98 Å². The zero-order chi connectivity index (χ0) is 14.7. The van der Waals surface area contributed by atoms with Crippen LogP contribution in [0, 0.1) is 13.8 Å². The molecule has 0 bridgehead atoms. The summed E-state index contributed by atoms with van der Waals surface area (Å²) in [4.78, 5) is 9.57. The first-order valence-electron chi connectivity index (χ1n) is 7.31. The zero-order valence-electron chi connectivity index (χ0n) is 12.6. The summed E-state index contributed by atoms with van der Waals surface area (Å²) in [5.74, 6) is 1.03. The third-order valence-electron chi connectivity index (χ3n) is 3.71. The maximum absolute atomic E-state index is 5.36. The smallest absolute Gasteiger partial charge is 0.128 e. The molecule has 0 unspecified atom stereocenters. The number of nitrogens with one attached hydrogen (secondary N) is 1. The van der Waals surface area contributed by atoms with Crippen molar-refractivity contribution >= 4 is 22.8 Å². The van der Waals surface area contributed by atoms with Gasteiger partial charge in [-0.05, 0) is 37.6 Å². The highest BCUT2D eigenvalue weighted by Crippen LogP contribution is 2.22. The van der Waals surface area contributed by atoms with Crippen LogP contribution in [0.25, 0.3) is 0 Å². The van der Waals surface area contributed by atoms with Gasteiger partial charge >= 0.3 is 0 Å². The number of morpholine rings is 1. The van der Waals surface area contributed by atoms with Gasteiger partial charge in [0.05, 0.1) is 25.1 Å². The molecule has 3 heterocycles. The molecule has 1 saturated heterocycles. The molecule has 1 N–H and O–H groups in total. The van der Waals surface area contributed by atoms with Crippen LogP contribution in [0.4, 0.5) is 11.5 Å². The zero-order valence-corrected chi connectivity index (χ0v) is 13.4. The maximum atomic E-state index is 5.36. The van der Waals surface area contributed by atoms with E-state index in [0.29, 0.717) is 0 Å². The van der Waals surface area contributed by atoms with E-state index < -0.39 is 0 Å². The van der Waals surface area contributed by atoms with E-state index in [1.807, 2.05) is 17.5 Å². The van der Waals surface area contributed by atoms with Crippen molar-refractivity contribution in [2.24, 2.45) is 0 Å². The summed E-state index contributed by atoms with van der Waals surface area (Å²) in [6.07, 6.45) is 1.92. The van der Waals surface area contributed by atoms with Gasteiger partial charge in [0.2, 0.25) is 0 Å². The average molecular weight is 303 g/mol. The summed E-state index contributed by atoms with van der Waals surface area (Å²) in [6.45, 7) is 8.61. The summed E-state index contributed by atoms with van der Waals surface area (Å²) in [5.41, 5.74) is 2.44. The highest BCUT2D eigenvalue weighted by atomic mass is 32.1. The van der Waals surface area contributed by atoms with Crippen molar-refractivity contribution in [3.8, 4) is 0 Å². The predicted octanol–water partition coefficient (Wildman–Crippen LogP) is 3.21. The number of anilines is 2. The molecule has 112 valence electrons. The van der Waals surface area contributed by atoms with Gasteiger partial charge in [0.1, 0.15) is 5.82 Å².